The van der Waals surface area contributed by atoms with Crippen molar-refractivity contribution in [2.45, 2.75) is 6.92 Å². The van der Waals surface area contributed by atoms with Gasteiger partial charge in [0.25, 0.3) is 0 Å². The molecule has 0 aromatic rings. The van der Waals surface area contributed by atoms with E-state index < -0.39 is 0 Å². The molecular formula is C5H9NO2. The van der Waals surface area contributed by atoms with Crippen molar-refractivity contribution < 1.29 is 4.74 Å². The molecule has 0 spiro atoms. The molecule has 0 bridgehead atoms. The van der Waals surface area contributed by atoms with Gasteiger partial charge in [0.05, 0.1) is 12.8 Å². The van der Waals surface area contributed by atoms with Crippen molar-refractivity contribution in [1.29, 1.82) is 0 Å². The Morgan fingerprint density at radius 3 is 2.88 bits per heavy atom. The zero-order valence-corrected chi connectivity index (χ0v) is 5.05. The fourth-order valence-corrected chi connectivity index (χ4v) is 0.355. The molecule has 8 heavy (non-hydrogen) atoms. The molecule has 0 radical (unpaired) electrons. The number of nitroso groups, excluding NO2 is 1. The maximum atomic E-state index is 9.51. The van der Waals surface area contributed by atoms with Crippen LogP contribution in [0.4, 0.5) is 0 Å². The van der Waals surface area contributed by atoms with E-state index in [1.165, 1.54) is 6.20 Å². The lowest BCUT2D eigenvalue weighted by Crippen LogP contribution is -1.87. The van der Waals surface area contributed by atoms with Gasteiger partial charge in [-0.3, -0.25) is 0 Å². The van der Waals surface area contributed by atoms with Gasteiger partial charge in [0, 0.05) is 7.11 Å². The Balaban J connectivity index is 3.44. The predicted octanol–water partition coefficient (Wildman–Crippen LogP) is 1.30. The number of hydrogen-bond donors (Lipinski definition) is 0. The summed E-state index contributed by atoms with van der Waals surface area (Å²) in [6, 6.07) is 0. The Morgan fingerprint density at radius 1 is 1.88 bits per heavy atom. The van der Waals surface area contributed by atoms with Crippen LogP contribution in [0, 0.1) is 4.91 Å². The van der Waals surface area contributed by atoms with E-state index in [-0.39, 0.29) is 0 Å². The van der Waals surface area contributed by atoms with Gasteiger partial charge in [0.1, 0.15) is 0 Å². The standard InChI is InChI=1S/C5H9NO2/c1-5(3-6-7)4-8-2/h3H,4H2,1-2H3. The van der Waals surface area contributed by atoms with E-state index in [0.29, 0.717) is 6.61 Å². The first-order chi connectivity index (χ1) is 3.81. The van der Waals surface area contributed by atoms with Gasteiger partial charge < -0.3 is 4.74 Å². The molecule has 0 N–H and O–H groups in total. The molecule has 3 nitrogen and oxygen atoms in total. The lowest BCUT2D eigenvalue weighted by Gasteiger charge is -1.92. The van der Waals surface area contributed by atoms with Crippen molar-refractivity contribution in [1.82, 2.24) is 0 Å². The van der Waals surface area contributed by atoms with Gasteiger partial charge in [-0.1, -0.05) is 0 Å². The minimum absolute atomic E-state index is 0.478. The van der Waals surface area contributed by atoms with E-state index in [1.54, 1.807) is 14.0 Å². The van der Waals surface area contributed by atoms with Gasteiger partial charge in [-0.2, -0.15) is 0 Å². The Bertz CT molecular complexity index is 98.6. The van der Waals surface area contributed by atoms with E-state index in [0.717, 1.165) is 5.57 Å². The van der Waals surface area contributed by atoms with Crippen LogP contribution >= 0.6 is 0 Å². The number of rotatable bonds is 3. The molecular weight excluding hydrogens is 106 g/mol. The molecule has 0 aromatic heterocycles. The summed E-state index contributed by atoms with van der Waals surface area (Å²) in [6.07, 6.45) is 1.24. The summed E-state index contributed by atoms with van der Waals surface area (Å²) in [5.74, 6) is 0. The van der Waals surface area contributed by atoms with Crippen molar-refractivity contribution in [3.8, 4) is 0 Å². The van der Waals surface area contributed by atoms with Crippen molar-refractivity contribution in [2.24, 2.45) is 5.18 Å². The summed E-state index contributed by atoms with van der Waals surface area (Å²) in [5.41, 5.74) is 0.836. The number of hydrogen-bond acceptors (Lipinski definition) is 3. The summed E-state index contributed by atoms with van der Waals surface area (Å²) >= 11 is 0. The minimum atomic E-state index is 0.478. The van der Waals surface area contributed by atoms with Gasteiger partial charge >= 0.3 is 0 Å². The molecule has 0 amide bonds. The maximum absolute atomic E-state index is 9.51. The fraction of sp³-hybridized carbons (Fsp3) is 0.600. The van der Waals surface area contributed by atoms with Gasteiger partial charge in [0.15, 0.2) is 0 Å². The van der Waals surface area contributed by atoms with E-state index in [1.807, 2.05) is 0 Å². The van der Waals surface area contributed by atoms with Crippen LogP contribution in [-0.2, 0) is 4.74 Å². The van der Waals surface area contributed by atoms with Gasteiger partial charge in [-0.15, -0.1) is 4.91 Å². The van der Waals surface area contributed by atoms with Gasteiger partial charge in [-0.05, 0) is 17.7 Å². The quantitative estimate of drug-likeness (QED) is 0.520. The van der Waals surface area contributed by atoms with Crippen LogP contribution in [0.3, 0.4) is 0 Å². The second-order valence-electron chi connectivity index (χ2n) is 1.51. The van der Waals surface area contributed by atoms with Crippen LogP contribution in [0.25, 0.3) is 0 Å². The topological polar surface area (TPSA) is 38.7 Å². The molecule has 3 heteroatoms. The zero-order valence-electron chi connectivity index (χ0n) is 5.05. The average Bonchev–Trinajstić information content (AvgIpc) is 1.68. The van der Waals surface area contributed by atoms with E-state index in [9.17, 15) is 4.91 Å². The smallest absolute Gasteiger partial charge is 0.0727 e. The van der Waals surface area contributed by atoms with Crippen LogP contribution in [-0.4, -0.2) is 13.7 Å². The second-order valence-corrected chi connectivity index (χ2v) is 1.51. The highest BCUT2D eigenvalue weighted by Crippen LogP contribution is 1.90. The third-order valence-corrected chi connectivity index (χ3v) is 0.645. The van der Waals surface area contributed by atoms with E-state index in [4.69, 9.17) is 0 Å². The van der Waals surface area contributed by atoms with Crippen molar-refractivity contribution in [2.75, 3.05) is 13.7 Å². The van der Waals surface area contributed by atoms with Crippen LogP contribution < -0.4 is 0 Å². The average molecular weight is 115 g/mol. The number of methoxy groups -OCH3 is 1. The monoisotopic (exact) mass is 115 g/mol. The molecule has 0 aliphatic heterocycles. The summed E-state index contributed by atoms with van der Waals surface area (Å²) in [5, 5.41) is 2.56. The van der Waals surface area contributed by atoms with Crippen LogP contribution in [0.2, 0.25) is 0 Å². The first-order valence-electron chi connectivity index (χ1n) is 2.28. The molecule has 0 heterocycles. The Labute approximate surface area is 48.3 Å². The highest BCUT2D eigenvalue weighted by molar-refractivity contribution is 4.95. The Kier molecular flexibility index (Phi) is 4.07. The van der Waals surface area contributed by atoms with E-state index in [2.05, 4.69) is 9.91 Å². The fourth-order valence-electron chi connectivity index (χ4n) is 0.355. The third-order valence-electron chi connectivity index (χ3n) is 0.645. The molecule has 0 saturated heterocycles. The molecule has 46 valence electrons. The lowest BCUT2D eigenvalue weighted by atomic mass is 10.4. The lowest BCUT2D eigenvalue weighted by molar-refractivity contribution is 0.225. The molecule has 0 aromatic carbocycles. The van der Waals surface area contributed by atoms with Crippen LogP contribution in [0.5, 0.6) is 0 Å². The normalized spacial score (nSPS) is 11.5. The summed E-state index contributed by atoms with van der Waals surface area (Å²) in [4.78, 5) is 9.51. The summed E-state index contributed by atoms with van der Waals surface area (Å²) in [7, 11) is 1.57. The molecule has 0 atom stereocenters. The van der Waals surface area contributed by atoms with E-state index >= 15 is 0 Å². The first kappa shape index (κ1) is 7.30. The zero-order chi connectivity index (χ0) is 6.41. The Morgan fingerprint density at radius 2 is 2.50 bits per heavy atom. The van der Waals surface area contributed by atoms with Crippen LogP contribution in [0.1, 0.15) is 6.92 Å². The minimum Gasteiger partial charge on any atom is -0.380 e. The van der Waals surface area contributed by atoms with Gasteiger partial charge in [-0.25, -0.2) is 0 Å². The number of ether oxygens (including phenoxy) is 1. The first-order valence-corrected chi connectivity index (χ1v) is 2.28. The molecule has 0 unspecified atom stereocenters. The predicted molar refractivity (Wildman–Crippen MR) is 31.4 cm³/mol. The molecule has 0 aliphatic carbocycles. The largest absolute Gasteiger partial charge is 0.380 e. The molecule has 0 saturated carbocycles. The highest BCUT2D eigenvalue weighted by Gasteiger charge is 1.83. The summed E-state index contributed by atoms with van der Waals surface area (Å²) in [6.45, 7) is 2.26. The number of nitrogens with zero attached hydrogens (tertiary/aromatic N) is 1. The third kappa shape index (κ3) is 3.49. The van der Waals surface area contributed by atoms with Crippen molar-refractivity contribution in [3.05, 3.63) is 16.7 Å². The second kappa shape index (κ2) is 4.46. The maximum Gasteiger partial charge on any atom is 0.0727 e. The summed E-state index contributed by atoms with van der Waals surface area (Å²) < 4.78 is 4.69. The van der Waals surface area contributed by atoms with Crippen molar-refractivity contribution in [3.63, 3.8) is 0 Å². The SMILES string of the molecule is COCC(C)=CN=O. The Hall–Kier alpha value is -0.700. The van der Waals surface area contributed by atoms with Crippen molar-refractivity contribution >= 4 is 0 Å². The molecule has 0 aliphatic rings. The highest BCUT2D eigenvalue weighted by atomic mass is 16.5. The van der Waals surface area contributed by atoms with Crippen LogP contribution in [0.15, 0.2) is 16.9 Å². The van der Waals surface area contributed by atoms with Gasteiger partial charge in [0.2, 0.25) is 0 Å². The molecule has 0 fully saturated rings. The molecule has 0 rings (SSSR count).